The number of ether oxygens (including phenoxy) is 3. The van der Waals surface area contributed by atoms with Crippen molar-refractivity contribution in [3.05, 3.63) is 12.7 Å². The van der Waals surface area contributed by atoms with E-state index in [9.17, 15) is 5.11 Å². The summed E-state index contributed by atoms with van der Waals surface area (Å²) in [5.74, 6) is 0.432. The Morgan fingerprint density at radius 3 is 2.14 bits per heavy atom. The van der Waals surface area contributed by atoms with Crippen LogP contribution in [-0.2, 0) is 19.6 Å². The minimum atomic E-state index is -1.34. The van der Waals surface area contributed by atoms with Gasteiger partial charge in [0.2, 0.25) is 0 Å². The van der Waals surface area contributed by atoms with Gasteiger partial charge in [-0.15, -0.1) is 0 Å². The standard InChI is InChI=1S/C24H40N5O4Si2/c1-21(2,3)17(30)15-16(31-22(4,5)6)18(33-23(7,8)9)24(32-15,35(10)11)29-13-27-14-19(28-34)25-12-26-20(14)29/h12-13,15-18,30H,1-11H3/t15-,16+,17?,18+,24-/m0/s1. The number of hydrogen-bond donors (Lipinski definition) is 1. The Kier molecular flexibility index (Phi) is 7.65. The molecule has 11 heteroatoms. The van der Waals surface area contributed by atoms with Gasteiger partial charge in [-0.2, -0.15) is 0 Å². The normalized spacial score (nSPS) is 27.1. The fraction of sp³-hybridized carbons (Fsp3) is 0.792. The van der Waals surface area contributed by atoms with Gasteiger partial charge in [0.05, 0.1) is 23.6 Å². The Balaban J connectivity index is 2.33. The fourth-order valence-electron chi connectivity index (χ4n) is 4.52. The first-order chi connectivity index (χ1) is 15.9. The van der Waals surface area contributed by atoms with Gasteiger partial charge in [-0.05, 0) is 47.0 Å². The van der Waals surface area contributed by atoms with Crippen LogP contribution in [0.4, 0.5) is 5.82 Å². The molecule has 1 aliphatic heterocycles. The van der Waals surface area contributed by atoms with Gasteiger partial charge in [0.1, 0.15) is 33.4 Å². The number of rotatable bonds is 6. The molecule has 5 atom stereocenters. The van der Waals surface area contributed by atoms with E-state index in [4.69, 9.17) is 14.2 Å². The second kappa shape index (κ2) is 9.49. The van der Waals surface area contributed by atoms with Crippen LogP contribution in [0, 0.1) is 5.41 Å². The summed E-state index contributed by atoms with van der Waals surface area (Å²) in [5, 5.41) is 10.6. The molecule has 1 unspecified atom stereocenters. The molecule has 1 saturated heterocycles. The molecular weight excluding hydrogens is 478 g/mol. The molecule has 0 saturated carbocycles. The smallest absolute Gasteiger partial charge is 0.191 e. The molecular formula is C24H40N5O4Si2. The summed E-state index contributed by atoms with van der Waals surface area (Å²) in [7, 11) is 1.86. The highest BCUT2D eigenvalue weighted by Gasteiger charge is 2.64. The lowest BCUT2D eigenvalue weighted by Gasteiger charge is -2.42. The van der Waals surface area contributed by atoms with Gasteiger partial charge < -0.3 is 19.3 Å². The quantitative estimate of drug-likeness (QED) is 0.578. The van der Waals surface area contributed by atoms with Gasteiger partial charge in [-0.1, -0.05) is 33.9 Å². The lowest BCUT2D eigenvalue weighted by molar-refractivity contribution is -0.175. The summed E-state index contributed by atoms with van der Waals surface area (Å²) in [6, 6.07) is 0. The molecule has 2 aromatic rings. The molecule has 2 aromatic heterocycles. The number of fused-ring (bicyclic) bond motifs is 1. The highest BCUT2D eigenvalue weighted by Crippen LogP contribution is 2.47. The van der Waals surface area contributed by atoms with Crippen LogP contribution in [0.3, 0.4) is 0 Å². The van der Waals surface area contributed by atoms with Gasteiger partial charge in [0.25, 0.3) is 0 Å². The Morgan fingerprint density at radius 2 is 1.66 bits per heavy atom. The van der Waals surface area contributed by atoms with Gasteiger partial charge in [0.15, 0.2) is 32.4 Å². The number of aliphatic hydroxyl groups excluding tert-OH is 1. The van der Waals surface area contributed by atoms with Crippen LogP contribution in [0.25, 0.3) is 11.2 Å². The maximum Gasteiger partial charge on any atom is 0.191 e. The van der Waals surface area contributed by atoms with Crippen LogP contribution in [-0.4, -0.2) is 79.1 Å². The van der Waals surface area contributed by atoms with Crippen molar-refractivity contribution in [2.45, 2.75) is 116 Å². The van der Waals surface area contributed by atoms with Crippen LogP contribution in [0.1, 0.15) is 62.3 Å². The zero-order valence-electron chi connectivity index (χ0n) is 22.9. The van der Waals surface area contributed by atoms with Crippen LogP contribution < -0.4 is 0 Å². The molecule has 0 bridgehead atoms. The van der Waals surface area contributed by atoms with Crippen molar-refractivity contribution in [3.8, 4) is 0 Å². The van der Waals surface area contributed by atoms with E-state index in [2.05, 4.69) is 42.7 Å². The maximum absolute atomic E-state index is 11.6. The molecule has 0 aliphatic carbocycles. The first kappa shape index (κ1) is 28.2. The number of nitrogens with zero attached hydrogens (tertiary/aromatic N) is 5. The molecule has 3 heterocycles. The molecule has 1 N–H and O–H groups in total. The number of hydrogen-bond acceptors (Lipinski definition) is 8. The maximum atomic E-state index is 11.6. The van der Waals surface area contributed by atoms with Gasteiger partial charge in [-0.25, -0.2) is 15.0 Å². The van der Waals surface area contributed by atoms with Gasteiger partial charge in [0, 0.05) is 0 Å². The highest BCUT2D eigenvalue weighted by atomic mass is 28.3. The average Bonchev–Trinajstić information content (AvgIpc) is 3.25. The average molecular weight is 519 g/mol. The van der Waals surface area contributed by atoms with Crippen molar-refractivity contribution < 1.29 is 19.3 Å². The minimum Gasteiger partial charge on any atom is -0.390 e. The molecule has 0 spiro atoms. The Hall–Kier alpha value is -1.38. The lowest BCUT2D eigenvalue weighted by atomic mass is 9.83. The molecule has 3 rings (SSSR count). The van der Waals surface area contributed by atoms with Crippen LogP contribution in [0.2, 0.25) is 13.1 Å². The van der Waals surface area contributed by atoms with Crippen molar-refractivity contribution >= 4 is 35.8 Å². The molecule has 193 valence electrons. The number of imidazole rings is 1. The van der Waals surface area contributed by atoms with E-state index >= 15 is 0 Å². The van der Waals surface area contributed by atoms with Crippen molar-refractivity contribution in [2.75, 3.05) is 0 Å². The van der Waals surface area contributed by atoms with E-state index in [-0.39, 0.29) is 0 Å². The summed E-state index contributed by atoms with van der Waals surface area (Å²) >= 11 is 0. The van der Waals surface area contributed by atoms with E-state index in [1.165, 1.54) is 6.33 Å². The van der Waals surface area contributed by atoms with Crippen LogP contribution in [0.15, 0.2) is 17.3 Å². The zero-order chi connectivity index (χ0) is 26.6. The summed E-state index contributed by atoms with van der Waals surface area (Å²) in [6.45, 7) is 22.4. The highest BCUT2D eigenvalue weighted by molar-refractivity contribution is 6.58. The summed E-state index contributed by atoms with van der Waals surface area (Å²) in [4.78, 5) is 13.4. The van der Waals surface area contributed by atoms with Crippen LogP contribution >= 0.6 is 0 Å². The molecule has 0 aromatic carbocycles. The third-order valence-electron chi connectivity index (χ3n) is 5.99. The van der Waals surface area contributed by atoms with E-state index < -0.39 is 55.2 Å². The summed E-state index contributed by atoms with van der Waals surface area (Å²) < 4.78 is 26.5. The molecule has 0 amide bonds. The monoisotopic (exact) mass is 518 g/mol. The van der Waals surface area contributed by atoms with Crippen LogP contribution in [0.5, 0.6) is 0 Å². The Labute approximate surface area is 213 Å². The predicted molar refractivity (Wildman–Crippen MR) is 138 cm³/mol. The first-order valence-electron chi connectivity index (χ1n) is 12.0. The second-order valence-corrected chi connectivity index (χ2v) is 15.5. The van der Waals surface area contributed by atoms with Crippen molar-refractivity contribution in [1.82, 2.24) is 19.5 Å². The Bertz CT molecular complexity index is 1060. The number of aliphatic hydroxyl groups is 1. The topological polar surface area (TPSA) is 104 Å². The summed E-state index contributed by atoms with van der Waals surface area (Å²) in [5.41, 5.74) is -0.294. The second-order valence-electron chi connectivity index (χ2n) is 12.5. The third kappa shape index (κ3) is 5.49. The largest absolute Gasteiger partial charge is 0.390 e. The first-order valence-corrected chi connectivity index (χ1v) is 15.0. The molecule has 3 radical (unpaired) electrons. The SMILES string of the molecule is C[Si](C)[C@@]1(n2cnc3c(N=[Si])ncnc32)O[C@H](C(O)C(C)(C)C)[C@@H](OC(C)(C)C)[C@H]1OC(C)(C)C. The summed E-state index contributed by atoms with van der Waals surface area (Å²) in [6.07, 6.45) is 0.662. The molecule has 35 heavy (non-hydrogen) atoms. The van der Waals surface area contributed by atoms with E-state index in [0.29, 0.717) is 17.0 Å². The van der Waals surface area contributed by atoms with Gasteiger partial charge >= 0.3 is 0 Å². The Morgan fingerprint density at radius 1 is 1.06 bits per heavy atom. The van der Waals surface area contributed by atoms with Gasteiger partial charge in [-0.3, -0.25) is 9.20 Å². The van der Waals surface area contributed by atoms with Crippen molar-refractivity contribution in [2.24, 2.45) is 10.0 Å². The molecule has 9 nitrogen and oxygen atoms in total. The zero-order valence-corrected chi connectivity index (χ0v) is 24.9. The molecule has 1 aliphatic rings. The fourth-order valence-corrected chi connectivity index (χ4v) is 6.50. The van der Waals surface area contributed by atoms with E-state index in [1.807, 2.05) is 66.9 Å². The molecule has 1 fully saturated rings. The van der Waals surface area contributed by atoms with E-state index in [0.717, 1.165) is 0 Å². The predicted octanol–water partition coefficient (Wildman–Crippen LogP) is 3.93. The minimum absolute atomic E-state index is 0.432. The third-order valence-corrected chi connectivity index (χ3v) is 8.27. The van der Waals surface area contributed by atoms with Crippen molar-refractivity contribution in [3.63, 3.8) is 0 Å². The lowest BCUT2D eigenvalue weighted by Crippen LogP contribution is -2.58. The number of aromatic nitrogens is 4. The van der Waals surface area contributed by atoms with E-state index in [1.54, 1.807) is 6.33 Å². The van der Waals surface area contributed by atoms with Crippen molar-refractivity contribution in [1.29, 1.82) is 0 Å².